The third-order valence-electron chi connectivity index (χ3n) is 4.47. The Morgan fingerprint density at radius 2 is 2.19 bits per heavy atom. The number of rotatable bonds is 4. The van der Waals surface area contributed by atoms with Crippen LogP contribution in [0.3, 0.4) is 0 Å². The van der Waals surface area contributed by atoms with E-state index in [1.54, 1.807) is 18.2 Å². The Balaban J connectivity index is 1.79. The second-order valence-electron chi connectivity index (χ2n) is 5.92. The maximum Gasteiger partial charge on any atom is 0.371 e. The van der Waals surface area contributed by atoms with Gasteiger partial charge in [0.05, 0.1) is 0 Å². The first-order chi connectivity index (χ1) is 9.93. The van der Waals surface area contributed by atoms with Gasteiger partial charge in [0.2, 0.25) is 11.7 Å². The molecule has 2 N–H and O–H groups in total. The summed E-state index contributed by atoms with van der Waals surface area (Å²) in [5, 5.41) is 12.5. The van der Waals surface area contributed by atoms with Crippen molar-refractivity contribution in [2.24, 2.45) is 11.3 Å². The summed E-state index contributed by atoms with van der Waals surface area (Å²) in [5.41, 5.74) is 1.28. The van der Waals surface area contributed by atoms with Crippen LogP contribution in [0.1, 0.15) is 37.2 Å². The van der Waals surface area contributed by atoms with Crippen molar-refractivity contribution in [3.05, 3.63) is 30.0 Å². The lowest BCUT2D eigenvalue weighted by Gasteiger charge is -2.08. The van der Waals surface area contributed by atoms with E-state index in [0.29, 0.717) is 16.7 Å². The SMILES string of the molecule is CCC1(C)CC1C(=O)Nc1ccc2oc(C(=O)O)cc2c1. The lowest BCUT2D eigenvalue weighted by Crippen LogP contribution is -2.17. The molecule has 0 aliphatic heterocycles. The molecule has 1 aliphatic rings. The molecule has 0 spiro atoms. The number of benzene rings is 1. The number of amides is 1. The van der Waals surface area contributed by atoms with E-state index < -0.39 is 5.97 Å². The molecule has 1 fully saturated rings. The topological polar surface area (TPSA) is 79.5 Å². The number of carbonyl (C=O) groups is 2. The van der Waals surface area contributed by atoms with E-state index in [1.165, 1.54) is 6.07 Å². The second-order valence-corrected chi connectivity index (χ2v) is 5.92. The summed E-state index contributed by atoms with van der Waals surface area (Å²) in [5.74, 6) is -1.11. The first kappa shape index (κ1) is 13.7. The average molecular weight is 287 g/mol. The van der Waals surface area contributed by atoms with Gasteiger partial charge in [0.1, 0.15) is 5.58 Å². The van der Waals surface area contributed by atoms with E-state index in [2.05, 4.69) is 19.2 Å². The minimum atomic E-state index is -1.10. The minimum Gasteiger partial charge on any atom is -0.475 e. The van der Waals surface area contributed by atoms with Gasteiger partial charge in [-0.3, -0.25) is 4.79 Å². The molecule has 1 aliphatic carbocycles. The molecule has 1 heterocycles. The minimum absolute atomic E-state index is 0.0284. The van der Waals surface area contributed by atoms with Crippen LogP contribution in [0.5, 0.6) is 0 Å². The molecule has 1 amide bonds. The van der Waals surface area contributed by atoms with Gasteiger partial charge < -0.3 is 14.8 Å². The van der Waals surface area contributed by atoms with Crippen molar-refractivity contribution in [3.63, 3.8) is 0 Å². The molecule has 21 heavy (non-hydrogen) atoms. The quantitative estimate of drug-likeness (QED) is 0.901. The molecular weight excluding hydrogens is 270 g/mol. The first-order valence-electron chi connectivity index (χ1n) is 7.01. The summed E-state index contributed by atoms with van der Waals surface area (Å²) < 4.78 is 5.19. The zero-order chi connectivity index (χ0) is 15.2. The Morgan fingerprint density at radius 1 is 1.43 bits per heavy atom. The molecule has 2 aromatic rings. The zero-order valence-corrected chi connectivity index (χ0v) is 12.0. The van der Waals surface area contributed by atoms with Crippen molar-refractivity contribution in [2.45, 2.75) is 26.7 Å². The Morgan fingerprint density at radius 3 is 2.81 bits per heavy atom. The van der Waals surface area contributed by atoms with E-state index in [4.69, 9.17) is 9.52 Å². The lowest BCUT2D eigenvalue weighted by molar-refractivity contribution is -0.118. The van der Waals surface area contributed by atoms with Crippen LogP contribution in [0, 0.1) is 11.3 Å². The molecule has 5 nitrogen and oxygen atoms in total. The van der Waals surface area contributed by atoms with Crippen LogP contribution in [0.25, 0.3) is 11.0 Å². The highest BCUT2D eigenvalue weighted by molar-refractivity contribution is 5.98. The van der Waals surface area contributed by atoms with Gasteiger partial charge in [-0.15, -0.1) is 0 Å². The average Bonchev–Trinajstić information content (AvgIpc) is 2.95. The molecule has 1 saturated carbocycles. The highest BCUT2D eigenvalue weighted by Gasteiger charge is 2.52. The van der Waals surface area contributed by atoms with Crippen molar-refractivity contribution in [2.75, 3.05) is 5.32 Å². The van der Waals surface area contributed by atoms with E-state index in [0.717, 1.165) is 12.8 Å². The summed E-state index contributed by atoms with van der Waals surface area (Å²) in [6.45, 7) is 4.22. The fourth-order valence-electron chi connectivity index (χ4n) is 2.66. The van der Waals surface area contributed by atoms with Gasteiger partial charge in [0, 0.05) is 17.0 Å². The molecular formula is C16H17NO4. The van der Waals surface area contributed by atoms with E-state index >= 15 is 0 Å². The monoisotopic (exact) mass is 287 g/mol. The number of fused-ring (bicyclic) bond motifs is 1. The highest BCUT2D eigenvalue weighted by Crippen LogP contribution is 2.55. The fourth-order valence-corrected chi connectivity index (χ4v) is 2.66. The lowest BCUT2D eigenvalue weighted by atomic mass is 10.0. The molecule has 0 bridgehead atoms. The number of hydrogen-bond donors (Lipinski definition) is 2. The van der Waals surface area contributed by atoms with Crippen LogP contribution < -0.4 is 5.32 Å². The Kier molecular flexibility index (Phi) is 3.01. The smallest absolute Gasteiger partial charge is 0.371 e. The number of hydrogen-bond acceptors (Lipinski definition) is 3. The molecule has 110 valence electrons. The van der Waals surface area contributed by atoms with Gasteiger partial charge in [0.25, 0.3) is 0 Å². The largest absolute Gasteiger partial charge is 0.475 e. The van der Waals surface area contributed by atoms with E-state index in [1.807, 2.05) is 0 Å². The summed E-state index contributed by atoms with van der Waals surface area (Å²) in [6, 6.07) is 6.58. The van der Waals surface area contributed by atoms with Gasteiger partial charge in [-0.1, -0.05) is 13.8 Å². The molecule has 1 aromatic heterocycles. The maximum absolute atomic E-state index is 12.2. The summed E-state index contributed by atoms with van der Waals surface area (Å²) in [6.07, 6.45) is 1.92. The van der Waals surface area contributed by atoms with Crippen LogP contribution in [0.15, 0.2) is 28.7 Å². The maximum atomic E-state index is 12.2. The Hall–Kier alpha value is -2.30. The van der Waals surface area contributed by atoms with Crippen LogP contribution in [0.4, 0.5) is 5.69 Å². The first-order valence-corrected chi connectivity index (χ1v) is 7.01. The van der Waals surface area contributed by atoms with Gasteiger partial charge >= 0.3 is 5.97 Å². The van der Waals surface area contributed by atoms with Crippen molar-refractivity contribution in [3.8, 4) is 0 Å². The van der Waals surface area contributed by atoms with Gasteiger partial charge in [-0.2, -0.15) is 0 Å². The molecule has 1 aromatic carbocycles. The number of anilines is 1. The number of aromatic carboxylic acids is 1. The molecule has 0 radical (unpaired) electrons. The predicted octanol–water partition coefficient (Wildman–Crippen LogP) is 3.51. The fraction of sp³-hybridized carbons (Fsp3) is 0.375. The van der Waals surface area contributed by atoms with Crippen molar-refractivity contribution >= 4 is 28.5 Å². The second kappa shape index (κ2) is 4.62. The summed E-state index contributed by atoms with van der Waals surface area (Å²) in [4.78, 5) is 23.0. The Labute approximate surface area is 121 Å². The van der Waals surface area contributed by atoms with Gasteiger partial charge in [-0.05, 0) is 42.5 Å². The third kappa shape index (κ3) is 2.39. The standard InChI is InChI=1S/C16H17NO4/c1-3-16(2)8-11(16)14(18)17-10-4-5-12-9(6-10)7-13(21-12)15(19)20/h4-7,11H,3,8H2,1-2H3,(H,17,18)(H,19,20). The zero-order valence-electron chi connectivity index (χ0n) is 12.0. The van der Waals surface area contributed by atoms with E-state index in [-0.39, 0.29) is 23.0 Å². The predicted molar refractivity (Wildman–Crippen MR) is 78.3 cm³/mol. The number of carbonyl (C=O) groups excluding carboxylic acids is 1. The number of carboxylic acid groups (broad SMARTS) is 1. The molecule has 5 heteroatoms. The van der Waals surface area contributed by atoms with Crippen molar-refractivity contribution in [1.82, 2.24) is 0 Å². The molecule has 3 rings (SSSR count). The van der Waals surface area contributed by atoms with Crippen LogP contribution in [-0.2, 0) is 4.79 Å². The summed E-state index contributed by atoms with van der Waals surface area (Å²) >= 11 is 0. The molecule has 2 unspecified atom stereocenters. The number of furan rings is 1. The van der Waals surface area contributed by atoms with Gasteiger partial charge in [-0.25, -0.2) is 4.79 Å². The summed E-state index contributed by atoms with van der Waals surface area (Å²) in [7, 11) is 0. The Bertz CT molecular complexity index is 733. The normalized spacial score (nSPS) is 24.0. The van der Waals surface area contributed by atoms with Crippen LogP contribution in [-0.4, -0.2) is 17.0 Å². The van der Waals surface area contributed by atoms with Crippen molar-refractivity contribution in [1.29, 1.82) is 0 Å². The van der Waals surface area contributed by atoms with E-state index in [9.17, 15) is 9.59 Å². The molecule has 2 atom stereocenters. The highest BCUT2D eigenvalue weighted by atomic mass is 16.4. The number of nitrogens with one attached hydrogen (secondary N) is 1. The van der Waals surface area contributed by atoms with Crippen LogP contribution >= 0.6 is 0 Å². The van der Waals surface area contributed by atoms with Crippen molar-refractivity contribution < 1.29 is 19.1 Å². The third-order valence-corrected chi connectivity index (χ3v) is 4.47. The molecule has 0 saturated heterocycles. The number of carboxylic acids is 1. The van der Waals surface area contributed by atoms with Crippen LogP contribution in [0.2, 0.25) is 0 Å². The van der Waals surface area contributed by atoms with Gasteiger partial charge in [0.15, 0.2) is 0 Å².